The van der Waals surface area contributed by atoms with E-state index in [1.807, 2.05) is 17.5 Å². The highest BCUT2D eigenvalue weighted by atomic mass is 32.1. The Balaban J connectivity index is 1.67. The van der Waals surface area contributed by atoms with Gasteiger partial charge in [-0.2, -0.15) is 0 Å². The molecule has 1 atom stereocenters. The molecule has 0 spiro atoms. The van der Waals surface area contributed by atoms with Gasteiger partial charge in [-0.15, -0.1) is 11.3 Å². The van der Waals surface area contributed by atoms with Crippen molar-refractivity contribution in [2.45, 2.75) is 6.04 Å². The molecule has 2 aromatic carbocycles. The quantitative estimate of drug-likeness (QED) is 0.635. The first kappa shape index (κ1) is 18.6. The van der Waals surface area contributed by atoms with Crippen LogP contribution in [0.3, 0.4) is 0 Å². The maximum atomic E-state index is 13.2. The highest BCUT2D eigenvalue weighted by Gasteiger charge is 2.20. The normalized spacial score (nSPS) is 11.6. The van der Waals surface area contributed by atoms with Crippen LogP contribution in [-0.4, -0.2) is 23.6 Å². The molecule has 0 aliphatic heterocycles. The number of aromatic hydroxyl groups is 1. The van der Waals surface area contributed by atoms with E-state index < -0.39 is 24.5 Å². The molecule has 27 heavy (non-hydrogen) atoms. The molecule has 0 aliphatic carbocycles. The SMILES string of the molecule is O=C(COC(=O)c1ccccc1O)N[C@@H](c1ccc(F)cc1)c1cccs1. The predicted octanol–water partition coefficient (Wildman–Crippen LogP) is 3.66. The Morgan fingerprint density at radius 3 is 2.48 bits per heavy atom. The summed E-state index contributed by atoms with van der Waals surface area (Å²) in [6.07, 6.45) is 0. The van der Waals surface area contributed by atoms with Gasteiger partial charge in [0, 0.05) is 4.88 Å². The van der Waals surface area contributed by atoms with Crippen LogP contribution in [0.15, 0.2) is 66.0 Å². The standard InChI is InChI=1S/C20H16FNO4S/c21-14-9-7-13(8-10-14)19(17-6-3-11-27-17)22-18(24)12-26-20(25)15-4-1-2-5-16(15)23/h1-11,19,23H,12H2,(H,22,24)/t19-/m0/s1. The second-order valence-electron chi connectivity index (χ2n) is 5.66. The summed E-state index contributed by atoms with van der Waals surface area (Å²) in [5, 5.41) is 14.3. The third-order valence-corrected chi connectivity index (χ3v) is 4.73. The number of thiophene rings is 1. The number of hydrogen-bond acceptors (Lipinski definition) is 5. The Labute approximate surface area is 159 Å². The van der Waals surface area contributed by atoms with E-state index in [0.29, 0.717) is 5.56 Å². The van der Waals surface area contributed by atoms with E-state index in [9.17, 15) is 19.1 Å². The first-order chi connectivity index (χ1) is 13.0. The van der Waals surface area contributed by atoms with Crippen molar-refractivity contribution < 1.29 is 23.8 Å². The van der Waals surface area contributed by atoms with Crippen LogP contribution in [0.1, 0.15) is 26.8 Å². The minimum atomic E-state index is -0.794. The van der Waals surface area contributed by atoms with E-state index in [-0.39, 0.29) is 17.1 Å². The lowest BCUT2D eigenvalue weighted by molar-refractivity contribution is -0.124. The van der Waals surface area contributed by atoms with Gasteiger partial charge in [0.25, 0.3) is 5.91 Å². The smallest absolute Gasteiger partial charge is 0.342 e. The molecule has 0 aliphatic rings. The largest absolute Gasteiger partial charge is 0.507 e. The maximum absolute atomic E-state index is 13.2. The van der Waals surface area contributed by atoms with Crippen molar-refractivity contribution in [1.82, 2.24) is 5.32 Å². The van der Waals surface area contributed by atoms with E-state index in [4.69, 9.17) is 4.74 Å². The summed E-state index contributed by atoms with van der Waals surface area (Å²) in [4.78, 5) is 25.1. The minimum Gasteiger partial charge on any atom is -0.507 e. The zero-order valence-corrected chi connectivity index (χ0v) is 14.9. The zero-order valence-electron chi connectivity index (χ0n) is 14.1. The van der Waals surface area contributed by atoms with E-state index in [0.717, 1.165) is 4.88 Å². The van der Waals surface area contributed by atoms with Gasteiger partial charge in [-0.25, -0.2) is 9.18 Å². The molecule has 3 aromatic rings. The molecule has 3 rings (SSSR count). The molecule has 0 radical (unpaired) electrons. The molecule has 1 aromatic heterocycles. The number of esters is 1. The van der Waals surface area contributed by atoms with Gasteiger partial charge in [0.2, 0.25) is 0 Å². The number of benzene rings is 2. The van der Waals surface area contributed by atoms with Crippen LogP contribution in [0.2, 0.25) is 0 Å². The van der Waals surface area contributed by atoms with E-state index >= 15 is 0 Å². The number of carbonyl (C=O) groups excluding carboxylic acids is 2. The molecule has 138 valence electrons. The van der Waals surface area contributed by atoms with Gasteiger partial charge < -0.3 is 15.2 Å². The molecule has 5 nitrogen and oxygen atoms in total. The van der Waals surface area contributed by atoms with Crippen molar-refractivity contribution in [1.29, 1.82) is 0 Å². The van der Waals surface area contributed by atoms with Crippen molar-refractivity contribution in [2.75, 3.05) is 6.61 Å². The summed E-state index contributed by atoms with van der Waals surface area (Å²) in [7, 11) is 0. The van der Waals surface area contributed by atoms with Crippen LogP contribution in [0.4, 0.5) is 4.39 Å². The molecular formula is C20H16FNO4S. The summed E-state index contributed by atoms with van der Waals surface area (Å²) in [5.74, 6) is -1.89. The Morgan fingerprint density at radius 2 is 1.81 bits per heavy atom. The lowest BCUT2D eigenvalue weighted by Crippen LogP contribution is -2.32. The van der Waals surface area contributed by atoms with E-state index in [2.05, 4.69) is 5.32 Å². The number of amides is 1. The highest BCUT2D eigenvalue weighted by Crippen LogP contribution is 2.26. The second kappa shape index (κ2) is 8.46. The molecule has 0 unspecified atom stereocenters. The van der Waals surface area contributed by atoms with Crippen LogP contribution in [0.25, 0.3) is 0 Å². The number of rotatable bonds is 6. The Hall–Kier alpha value is -3.19. The summed E-state index contributed by atoms with van der Waals surface area (Å²) in [6.45, 7) is -0.504. The van der Waals surface area contributed by atoms with Crippen molar-refractivity contribution in [3.63, 3.8) is 0 Å². The number of carbonyl (C=O) groups is 2. The van der Waals surface area contributed by atoms with Crippen molar-refractivity contribution in [3.8, 4) is 5.75 Å². The lowest BCUT2D eigenvalue weighted by atomic mass is 10.1. The Kier molecular flexibility index (Phi) is 5.83. The topological polar surface area (TPSA) is 75.6 Å². The van der Waals surface area contributed by atoms with Gasteiger partial charge in [-0.1, -0.05) is 30.3 Å². The molecule has 7 heteroatoms. The maximum Gasteiger partial charge on any atom is 0.342 e. The first-order valence-electron chi connectivity index (χ1n) is 8.08. The number of phenolic OH excluding ortho intramolecular Hbond substituents is 1. The number of phenols is 1. The van der Waals surface area contributed by atoms with Crippen molar-refractivity contribution in [2.24, 2.45) is 0 Å². The number of ether oxygens (including phenoxy) is 1. The predicted molar refractivity (Wildman–Crippen MR) is 99.1 cm³/mol. The minimum absolute atomic E-state index is 0.0151. The Morgan fingerprint density at radius 1 is 1.07 bits per heavy atom. The summed E-state index contributed by atoms with van der Waals surface area (Å²) < 4.78 is 18.2. The van der Waals surface area contributed by atoms with Crippen LogP contribution < -0.4 is 5.32 Å². The third kappa shape index (κ3) is 4.71. The van der Waals surface area contributed by atoms with Gasteiger partial charge >= 0.3 is 5.97 Å². The fourth-order valence-corrected chi connectivity index (χ4v) is 3.29. The van der Waals surface area contributed by atoms with Gasteiger partial charge in [0.15, 0.2) is 6.61 Å². The summed E-state index contributed by atoms with van der Waals surface area (Å²) in [6, 6.07) is 15.0. The fourth-order valence-electron chi connectivity index (χ4n) is 2.49. The first-order valence-corrected chi connectivity index (χ1v) is 8.96. The molecule has 0 saturated heterocycles. The summed E-state index contributed by atoms with van der Waals surface area (Å²) in [5.41, 5.74) is 0.692. The monoisotopic (exact) mass is 385 g/mol. The lowest BCUT2D eigenvalue weighted by Gasteiger charge is -2.18. The van der Waals surface area contributed by atoms with E-state index in [1.54, 1.807) is 24.3 Å². The van der Waals surface area contributed by atoms with Crippen LogP contribution in [0, 0.1) is 5.82 Å². The molecular weight excluding hydrogens is 369 g/mol. The van der Waals surface area contributed by atoms with Gasteiger partial charge in [0.1, 0.15) is 17.1 Å². The van der Waals surface area contributed by atoms with Crippen LogP contribution >= 0.6 is 11.3 Å². The number of nitrogens with one attached hydrogen (secondary N) is 1. The van der Waals surface area contributed by atoms with Gasteiger partial charge in [0.05, 0.1) is 6.04 Å². The second-order valence-corrected chi connectivity index (χ2v) is 6.64. The number of hydrogen-bond donors (Lipinski definition) is 2. The molecule has 2 N–H and O–H groups in total. The molecule has 0 saturated carbocycles. The average Bonchev–Trinajstić information content (AvgIpc) is 3.20. The molecule has 0 fully saturated rings. The van der Waals surface area contributed by atoms with Crippen LogP contribution in [0.5, 0.6) is 5.75 Å². The van der Waals surface area contributed by atoms with Crippen LogP contribution in [-0.2, 0) is 9.53 Å². The summed E-state index contributed by atoms with van der Waals surface area (Å²) >= 11 is 1.45. The Bertz CT molecular complexity index is 925. The zero-order chi connectivity index (χ0) is 19.2. The average molecular weight is 385 g/mol. The highest BCUT2D eigenvalue weighted by molar-refractivity contribution is 7.10. The number of para-hydroxylation sites is 1. The molecule has 1 heterocycles. The van der Waals surface area contributed by atoms with Crippen molar-refractivity contribution in [3.05, 3.63) is 87.9 Å². The van der Waals surface area contributed by atoms with Gasteiger partial charge in [-0.3, -0.25) is 4.79 Å². The fraction of sp³-hybridized carbons (Fsp3) is 0.100. The third-order valence-electron chi connectivity index (χ3n) is 3.79. The van der Waals surface area contributed by atoms with E-state index in [1.165, 1.54) is 35.6 Å². The van der Waals surface area contributed by atoms with Gasteiger partial charge in [-0.05, 0) is 41.3 Å². The molecule has 0 bridgehead atoms. The van der Waals surface area contributed by atoms with Crippen molar-refractivity contribution >= 4 is 23.2 Å². The number of halogens is 1. The molecule has 1 amide bonds.